The molecule has 0 aliphatic rings. The summed E-state index contributed by atoms with van der Waals surface area (Å²) < 4.78 is 46.9. The fourth-order valence-electron chi connectivity index (χ4n) is 1.97. The van der Waals surface area contributed by atoms with Gasteiger partial charge < -0.3 is 24.7 Å². The highest BCUT2D eigenvalue weighted by atomic mass is 19.3. The number of esters is 2. The molecule has 1 rings (SSSR count). The van der Waals surface area contributed by atoms with Gasteiger partial charge in [0.1, 0.15) is 17.1 Å². The second-order valence-electron chi connectivity index (χ2n) is 5.38. The molecule has 0 atom stereocenters. The zero-order chi connectivity index (χ0) is 21.3. The zero-order valence-corrected chi connectivity index (χ0v) is 15.7. The van der Waals surface area contributed by atoms with E-state index in [1.165, 1.54) is 31.4 Å². The third-order valence-electron chi connectivity index (χ3n) is 3.28. The highest BCUT2D eigenvalue weighted by Gasteiger charge is 2.26. The number of alkyl halides is 2. The summed E-state index contributed by atoms with van der Waals surface area (Å²) in [5, 5.41) is 0. The summed E-state index contributed by atoms with van der Waals surface area (Å²) in [5.74, 6) is -5.27. The molecule has 0 saturated heterocycles. The van der Waals surface area contributed by atoms with E-state index >= 15 is 0 Å². The van der Waals surface area contributed by atoms with Gasteiger partial charge in [0, 0.05) is 18.6 Å². The summed E-state index contributed by atoms with van der Waals surface area (Å²) in [6.07, 6.45) is 3.16. The zero-order valence-electron chi connectivity index (χ0n) is 15.7. The van der Waals surface area contributed by atoms with Crippen molar-refractivity contribution in [2.45, 2.75) is 12.8 Å². The second kappa shape index (κ2) is 10.1. The first-order chi connectivity index (χ1) is 13.1. The van der Waals surface area contributed by atoms with E-state index in [4.69, 9.17) is 15.2 Å². The Morgan fingerprint density at radius 2 is 1.86 bits per heavy atom. The SMILES string of the molecule is C=C/C=C(\C=C(\N)Oc1cccc(OCC(=O)OC)c1C(=O)OC)C(C)(F)F. The van der Waals surface area contributed by atoms with E-state index in [0.29, 0.717) is 6.92 Å². The molecule has 0 spiro atoms. The highest BCUT2D eigenvalue weighted by molar-refractivity contribution is 5.95. The minimum absolute atomic E-state index is 0.0368. The Morgan fingerprint density at radius 3 is 2.39 bits per heavy atom. The minimum atomic E-state index is -3.20. The van der Waals surface area contributed by atoms with Crippen molar-refractivity contribution < 1.29 is 37.3 Å². The third-order valence-corrected chi connectivity index (χ3v) is 3.28. The Bertz CT molecular complexity index is 796. The highest BCUT2D eigenvalue weighted by Crippen LogP contribution is 2.31. The fourth-order valence-corrected chi connectivity index (χ4v) is 1.97. The molecule has 1 aromatic carbocycles. The number of hydrogen-bond acceptors (Lipinski definition) is 7. The number of methoxy groups -OCH3 is 2. The van der Waals surface area contributed by atoms with Crippen LogP contribution in [0.15, 0.2) is 54.5 Å². The molecule has 0 aromatic heterocycles. The van der Waals surface area contributed by atoms with Crippen molar-refractivity contribution in [3.05, 3.63) is 60.0 Å². The maximum atomic E-state index is 13.6. The normalized spacial score (nSPS) is 12.2. The monoisotopic (exact) mass is 397 g/mol. The van der Waals surface area contributed by atoms with Gasteiger partial charge in [-0.05, 0) is 12.1 Å². The van der Waals surface area contributed by atoms with Gasteiger partial charge >= 0.3 is 11.9 Å². The fraction of sp³-hybridized carbons (Fsp3) is 0.263. The van der Waals surface area contributed by atoms with E-state index in [2.05, 4.69) is 16.1 Å². The van der Waals surface area contributed by atoms with Crippen molar-refractivity contribution in [2.75, 3.05) is 20.8 Å². The molecule has 0 amide bonds. The number of rotatable bonds is 9. The third kappa shape index (κ3) is 6.42. The molecule has 0 unspecified atom stereocenters. The summed E-state index contributed by atoms with van der Waals surface area (Å²) >= 11 is 0. The van der Waals surface area contributed by atoms with Crippen LogP contribution < -0.4 is 15.2 Å². The maximum absolute atomic E-state index is 13.6. The standard InChI is InChI=1S/C19H21F2NO6/c1-5-7-12(19(2,20)21)10-15(22)28-14-9-6-8-13(17(14)18(24)26-4)27-11-16(23)25-3/h5-10H,1,11,22H2,2-4H3/b12-7+,15-10-. The topological polar surface area (TPSA) is 97.1 Å². The van der Waals surface area contributed by atoms with Gasteiger partial charge in [-0.15, -0.1) is 0 Å². The molecule has 28 heavy (non-hydrogen) atoms. The van der Waals surface area contributed by atoms with Crippen LogP contribution in [0.25, 0.3) is 0 Å². The van der Waals surface area contributed by atoms with Crippen LogP contribution in [0, 0.1) is 0 Å². The molecule has 1 aromatic rings. The van der Waals surface area contributed by atoms with Crippen LogP contribution in [0.4, 0.5) is 8.78 Å². The predicted octanol–water partition coefficient (Wildman–Crippen LogP) is 2.97. The maximum Gasteiger partial charge on any atom is 0.345 e. The number of carbonyl (C=O) groups is 2. The molecular formula is C19H21F2NO6. The number of nitrogens with two attached hydrogens (primary N) is 1. The summed E-state index contributed by atoms with van der Waals surface area (Å²) in [5.41, 5.74) is 5.08. The Hall–Kier alpha value is -3.36. The van der Waals surface area contributed by atoms with E-state index < -0.39 is 35.9 Å². The molecule has 0 heterocycles. The molecule has 0 bridgehead atoms. The molecule has 0 fully saturated rings. The molecule has 0 aliphatic heterocycles. The number of benzene rings is 1. The van der Waals surface area contributed by atoms with Crippen molar-refractivity contribution in [3.8, 4) is 11.5 Å². The van der Waals surface area contributed by atoms with Crippen molar-refractivity contribution >= 4 is 11.9 Å². The predicted molar refractivity (Wildman–Crippen MR) is 97.1 cm³/mol. The van der Waals surface area contributed by atoms with Crippen molar-refractivity contribution in [2.24, 2.45) is 5.73 Å². The molecule has 152 valence electrons. The average Bonchev–Trinajstić information content (AvgIpc) is 2.64. The van der Waals surface area contributed by atoms with Crippen LogP contribution in [0.5, 0.6) is 11.5 Å². The van der Waals surface area contributed by atoms with Gasteiger partial charge in [0.15, 0.2) is 12.5 Å². The van der Waals surface area contributed by atoms with Gasteiger partial charge in [0.2, 0.25) is 0 Å². The Kier molecular flexibility index (Phi) is 8.18. The lowest BCUT2D eigenvalue weighted by molar-refractivity contribution is -0.142. The van der Waals surface area contributed by atoms with Crippen LogP contribution in [0.2, 0.25) is 0 Å². The van der Waals surface area contributed by atoms with Crippen LogP contribution in [-0.2, 0) is 14.3 Å². The van der Waals surface area contributed by atoms with Gasteiger partial charge in [0.25, 0.3) is 5.92 Å². The first-order valence-corrected chi connectivity index (χ1v) is 7.91. The summed E-state index contributed by atoms with van der Waals surface area (Å²) in [4.78, 5) is 23.4. The molecule has 2 N–H and O–H groups in total. The van der Waals surface area contributed by atoms with Crippen molar-refractivity contribution in [3.63, 3.8) is 0 Å². The van der Waals surface area contributed by atoms with E-state index in [1.807, 2.05) is 0 Å². The van der Waals surface area contributed by atoms with E-state index in [1.54, 1.807) is 0 Å². The van der Waals surface area contributed by atoms with Gasteiger partial charge in [-0.25, -0.2) is 18.4 Å². The average molecular weight is 397 g/mol. The Labute approximate surface area is 161 Å². The van der Waals surface area contributed by atoms with E-state index in [-0.39, 0.29) is 17.1 Å². The molecule has 0 radical (unpaired) electrons. The van der Waals surface area contributed by atoms with Crippen molar-refractivity contribution in [1.29, 1.82) is 0 Å². The second-order valence-corrected chi connectivity index (χ2v) is 5.38. The number of ether oxygens (including phenoxy) is 4. The summed E-state index contributed by atoms with van der Waals surface area (Å²) in [6, 6.07) is 4.21. The molecule has 9 heteroatoms. The summed E-state index contributed by atoms with van der Waals surface area (Å²) in [6.45, 7) is 3.59. The van der Waals surface area contributed by atoms with Gasteiger partial charge in [0.05, 0.1) is 14.2 Å². The largest absolute Gasteiger partial charge is 0.481 e. The number of hydrogen-bond donors (Lipinski definition) is 1. The van der Waals surface area contributed by atoms with E-state index in [0.717, 1.165) is 19.3 Å². The lowest BCUT2D eigenvalue weighted by Crippen LogP contribution is -2.17. The first-order valence-electron chi connectivity index (χ1n) is 7.91. The molecule has 0 aliphatic carbocycles. The quantitative estimate of drug-likeness (QED) is 0.389. The lowest BCUT2D eigenvalue weighted by Gasteiger charge is -2.16. The lowest BCUT2D eigenvalue weighted by atomic mass is 10.1. The Morgan fingerprint density at radius 1 is 1.21 bits per heavy atom. The van der Waals surface area contributed by atoms with Gasteiger partial charge in [-0.2, -0.15) is 0 Å². The van der Waals surface area contributed by atoms with Crippen LogP contribution in [-0.4, -0.2) is 38.7 Å². The molecular weight excluding hydrogens is 376 g/mol. The number of halogens is 2. The van der Waals surface area contributed by atoms with Gasteiger partial charge in [-0.1, -0.05) is 24.8 Å². The van der Waals surface area contributed by atoms with Crippen molar-refractivity contribution in [1.82, 2.24) is 0 Å². The van der Waals surface area contributed by atoms with E-state index in [9.17, 15) is 18.4 Å². The minimum Gasteiger partial charge on any atom is -0.481 e. The molecule has 0 saturated carbocycles. The molecule has 7 nitrogen and oxygen atoms in total. The van der Waals surface area contributed by atoms with Crippen LogP contribution in [0.1, 0.15) is 17.3 Å². The Balaban J connectivity index is 3.27. The first kappa shape index (κ1) is 22.7. The summed E-state index contributed by atoms with van der Waals surface area (Å²) in [7, 11) is 2.31. The smallest absolute Gasteiger partial charge is 0.345 e. The van der Waals surface area contributed by atoms with Crippen LogP contribution >= 0.6 is 0 Å². The number of carbonyl (C=O) groups excluding carboxylic acids is 2. The van der Waals surface area contributed by atoms with Crippen LogP contribution in [0.3, 0.4) is 0 Å². The number of allylic oxidation sites excluding steroid dienone is 4. The van der Waals surface area contributed by atoms with Gasteiger partial charge in [-0.3, -0.25) is 0 Å².